The fraction of sp³-hybridized carbons (Fsp3) is 0.273. The van der Waals surface area contributed by atoms with Gasteiger partial charge in [-0.25, -0.2) is 4.98 Å². The molecule has 0 saturated carbocycles. The van der Waals surface area contributed by atoms with Crippen molar-refractivity contribution in [1.29, 1.82) is 0 Å². The molecular formula is C11H13N5OS. The molecule has 0 aliphatic carbocycles. The fourth-order valence-electron chi connectivity index (χ4n) is 1.35. The molecule has 0 unspecified atom stereocenters. The Morgan fingerprint density at radius 1 is 1.39 bits per heavy atom. The third-order valence-electron chi connectivity index (χ3n) is 2.09. The van der Waals surface area contributed by atoms with Gasteiger partial charge in [-0.3, -0.25) is 10.1 Å². The molecule has 0 aliphatic heterocycles. The molecule has 2 aromatic heterocycles. The number of nitrogens with one attached hydrogen (secondary N) is 2. The third-order valence-corrected chi connectivity index (χ3v) is 2.84. The van der Waals surface area contributed by atoms with E-state index in [0.717, 1.165) is 11.6 Å². The second kappa shape index (κ2) is 5.54. The highest BCUT2D eigenvalue weighted by Crippen LogP contribution is 2.15. The Hall–Kier alpha value is -2.02. The number of nitrogens with zero attached hydrogens (tertiary/aromatic N) is 3. The van der Waals surface area contributed by atoms with Gasteiger partial charge in [-0.2, -0.15) is 0 Å². The van der Waals surface area contributed by atoms with Crippen molar-refractivity contribution in [2.45, 2.75) is 13.8 Å². The van der Waals surface area contributed by atoms with Crippen LogP contribution >= 0.6 is 11.3 Å². The average molecular weight is 263 g/mol. The largest absolute Gasteiger partial charge is 0.370 e. The molecule has 6 nitrogen and oxygen atoms in total. The number of aryl methyl sites for hydroxylation is 1. The quantitative estimate of drug-likeness (QED) is 0.881. The number of aromatic nitrogens is 3. The number of hydrogen-bond donors (Lipinski definition) is 2. The summed E-state index contributed by atoms with van der Waals surface area (Å²) >= 11 is 1.33. The normalized spacial score (nSPS) is 10.1. The minimum absolute atomic E-state index is 0.286. The predicted molar refractivity (Wildman–Crippen MR) is 71.0 cm³/mol. The summed E-state index contributed by atoms with van der Waals surface area (Å²) in [4.78, 5) is 16.1. The highest BCUT2D eigenvalue weighted by molar-refractivity contribution is 7.15. The van der Waals surface area contributed by atoms with E-state index in [4.69, 9.17) is 0 Å². The van der Waals surface area contributed by atoms with Crippen LogP contribution in [0.25, 0.3) is 0 Å². The molecule has 18 heavy (non-hydrogen) atoms. The number of rotatable bonds is 4. The first-order valence-corrected chi connectivity index (χ1v) is 6.33. The van der Waals surface area contributed by atoms with Crippen molar-refractivity contribution in [1.82, 2.24) is 15.2 Å². The van der Waals surface area contributed by atoms with E-state index in [1.807, 2.05) is 19.9 Å². The van der Waals surface area contributed by atoms with E-state index >= 15 is 0 Å². The minimum Gasteiger partial charge on any atom is -0.370 e. The molecule has 0 radical (unpaired) electrons. The zero-order valence-electron chi connectivity index (χ0n) is 10.1. The molecule has 0 spiro atoms. The Kier molecular flexibility index (Phi) is 3.83. The molecular weight excluding hydrogens is 250 g/mol. The molecule has 94 valence electrons. The van der Waals surface area contributed by atoms with Gasteiger partial charge in [0.05, 0.1) is 0 Å². The lowest BCUT2D eigenvalue weighted by molar-refractivity contribution is 0.102. The van der Waals surface area contributed by atoms with Crippen LogP contribution in [0.15, 0.2) is 18.2 Å². The van der Waals surface area contributed by atoms with Gasteiger partial charge in [-0.1, -0.05) is 17.4 Å². The number of hydrogen-bond acceptors (Lipinski definition) is 6. The van der Waals surface area contributed by atoms with E-state index < -0.39 is 0 Å². The molecule has 0 fully saturated rings. The Labute approximate surface area is 108 Å². The van der Waals surface area contributed by atoms with Crippen LogP contribution in [-0.4, -0.2) is 27.6 Å². The number of carbonyl (C=O) groups excluding carboxylic acids is 1. The number of amides is 1. The zero-order valence-corrected chi connectivity index (χ0v) is 10.9. The van der Waals surface area contributed by atoms with Crippen molar-refractivity contribution in [3.05, 3.63) is 28.9 Å². The van der Waals surface area contributed by atoms with Crippen LogP contribution in [0.2, 0.25) is 0 Å². The Morgan fingerprint density at radius 2 is 2.22 bits per heavy atom. The van der Waals surface area contributed by atoms with Gasteiger partial charge >= 0.3 is 0 Å². The van der Waals surface area contributed by atoms with Gasteiger partial charge < -0.3 is 5.32 Å². The highest BCUT2D eigenvalue weighted by atomic mass is 32.1. The maximum absolute atomic E-state index is 11.9. The summed E-state index contributed by atoms with van der Waals surface area (Å²) in [5.74, 6) is 0.393. The van der Waals surface area contributed by atoms with Crippen molar-refractivity contribution in [3.63, 3.8) is 0 Å². The van der Waals surface area contributed by atoms with E-state index in [2.05, 4.69) is 25.8 Å². The summed E-state index contributed by atoms with van der Waals surface area (Å²) < 4.78 is 0. The van der Waals surface area contributed by atoms with Crippen molar-refractivity contribution in [3.8, 4) is 0 Å². The molecule has 2 N–H and O–H groups in total. The van der Waals surface area contributed by atoms with Gasteiger partial charge in [0.25, 0.3) is 5.91 Å². The van der Waals surface area contributed by atoms with Gasteiger partial charge in [-0.15, -0.1) is 10.2 Å². The van der Waals surface area contributed by atoms with Crippen molar-refractivity contribution in [2.75, 3.05) is 17.2 Å². The van der Waals surface area contributed by atoms with Crippen LogP contribution in [0.5, 0.6) is 0 Å². The molecule has 0 bridgehead atoms. The van der Waals surface area contributed by atoms with Crippen LogP contribution in [0.4, 0.5) is 10.9 Å². The smallest absolute Gasteiger partial charge is 0.276 e. The van der Waals surface area contributed by atoms with Gasteiger partial charge in [0.15, 0.2) is 0 Å². The molecule has 0 atom stereocenters. The van der Waals surface area contributed by atoms with Crippen LogP contribution in [-0.2, 0) is 0 Å². The molecule has 2 rings (SSSR count). The van der Waals surface area contributed by atoms with Crippen LogP contribution in [0, 0.1) is 6.92 Å². The second-order valence-corrected chi connectivity index (χ2v) is 4.70. The van der Waals surface area contributed by atoms with Crippen molar-refractivity contribution < 1.29 is 4.79 Å². The van der Waals surface area contributed by atoms with Gasteiger partial charge in [0.1, 0.15) is 16.5 Å². The summed E-state index contributed by atoms with van der Waals surface area (Å²) in [6.45, 7) is 4.56. The van der Waals surface area contributed by atoms with Crippen LogP contribution < -0.4 is 10.6 Å². The first kappa shape index (κ1) is 12.4. The monoisotopic (exact) mass is 263 g/mol. The topological polar surface area (TPSA) is 79.8 Å². The average Bonchev–Trinajstić information content (AvgIpc) is 2.75. The highest BCUT2D eigenvalue weighted by Gasteiger charge is 2.10. The summed E-state index contributed by atoms with van der Waals surface area (Å²) in [6.07, 6.45) is 0. The number of anilines is 2. The third kappa shape index (κ3) is 3.01. The predicted octanol–water partition coefficient (Wildman–Crippen LogP) is 1.93. The van der Waals surface area contributed by atoms with E-state index in [1.165, 1.54) is 11.3 Å². The Morgan fingerprint density at radius 3 is 2.89 bits per heavy atom. The maximum atomic E-state index is 11.9. The lowest BCUT2D eigenvalue weighted by Crippen LogP contribution is -2.14. The molecule has 0 saturated heterocycles. The molecule has 0 aliphatic rings. The van der Waals surface area contributed by atoms with Crippen LogP contribution in [0.1, 0.15) is 22.4 Å². The summed E-state index contributed by atoms with van der Waals surface area (Å²) in [6, 6.07) is 5.25. The SMILES string of the molecule is CCNc1cccc(C(=O)Nc2nnc(C)s2)n1. The zero-order chi connectivity index (χ0) is 13.0. The molecule has 0 aromatic carbocycles. The van der Waals surface area contributed by atoms with E-state index in [0.29, 0.717) is 16.6 Å². The van der Waals surface area contributed by atoms with Crippen molar-refractivity contribution in [2.24, 2.45) is 0 Å². The Bertz CT molecular complexity index is 554. The summed E-state index contributed by atoms with van der Waals surface area (Å²) in [5.41, 5.74) is 0.348. The van der Waals surface area contributed by atoms with Crippen LogP contribution in [0.3, 0.4) is 0 Å². The first-order valence-electron chi connectivity index (χ1n) is 5.51. The van der Waals surface area contributed by atoms with Crippen molar-refractivity contribution >= 4 is 28.2 Å². The molecule has 2 heterocycles. The lowest BCUT2D eigenvalue weighted by Gasteiger charge is -2.04. The minimum atomic E-state index is -0.286. The molecule has 7 heteroatoms. The summed E-state index contributed by atoms with van der Waals surface area (Å²) in [7, 11) is 0. The molecule has 2 aromatic rings. The summed E-state index contributed by atoms with van der Waals surface area (Å²) in [5, 5.41) is 14.7. The van der Waals surface area contributed by atoms with E-state index in [1.54, 1.807) is 12.1 Å². The second-order valence-electron chi connectivity index (χ2n) is 3.52. The fourth-order valence-corrected chi connectivity index (χ4v) is 1.94. The Balaban J connectivity index is 2.11. The first-order chi connectivity index (χ1) is 8.69. The van der Waals surface area contributed by atoms with Gasteiger partial charge in [0, 0.05) is 6.54 Å². The lowest BCUT2D eigenvalue weighted by atomic mass is 10.3. The number of carbonyl (C=O) groups is 1. The molecule has 1 amide bonds. The van der Waals surface area contributed by atoms with E-state index in [-0.39, 0.29) is 5.91 Å². The standard InChI is InChI=1S/C11H13N5OS/c1-3-12-9-6-4-5-8(13-9)10(17)14-11-16-15-7(2)18-11/h4-6H,3H2,1-2H3,(H,12,13)(H,14,16,17). The van der Waals surface area contributed by atoms with Gasteiger partial charge in [-0.05, 0) is 26.0 Å². The maximum Gasteiger partial charge on any atom is 0.276 e. The number of pyridine rings is 1. The van der Waals surface area contributed by atoms with Gasteiger partial charge in [0.2, 0.25) is 5.13 Å². The van der Waals surface area contributed by atoms with E-state index in [9.17, 15) is 4.79 Å².